The number of hydrogen-bond donors (Lipinski definition) is 3. The summed E-state index contributed by atoms with van der Waals surface area (Å²) in [5.74, 6) is 0. The van der Waals surface area contributed by atoms with E-state index in [0.717, 1.165) is 0 Å². The Kier molecular flexibility index (Phi) is 4.28. The maximum Gasteiger partial charge on any atom is 0.488 e. The second-order valence-corrected chi connectivity index (χ2v) is 5.93. The molecule has 0 spiro atoms. The number of nitriles is 1. The van der Waals surface area contributed by atoms with E-state index in [1.54, 1.807) is 0 Å². The molecule has 0 heterocycles. The summed E-state index contributed by atoms with van der Waals surface area (Å²) in [4.78, 5) is -0.0449. The summed E-state index contributed by atoms with van der Waals surface area (Å²) in [6, 6.07) is 13.2. The summed E-state index contributed by atoms with van der Waals surface area (Å²) >= 11 is 0. The summed E-state index contributed by atoms with van der Waals surface area (Å²) in [6.07, 6.45) is 0. The molecule has 0 aromatic heterocycles. The molecule has 2 rings (SSSR count). The summed E-state index contributed by atoms with van der Waals surface area (Å²) in [5.41, 5.74) is 0.598. The number of hydrogen-bond acceptors (Lipinski definition) is 5. The lowest BCUT2D eigenvalue weighted by Gasteiger charge is -2.09. The fourth-order valence-electron chi connectivity index (χ4n) is 1.71. The Bertz CT molecular complexity index is 800. The van der Waals surface area contributed by atoms with E-state index in [1.165, 1.54) is 48.5 Å². The van der Waals surface area contributed by atoms with E-state index in [4.69, 9.17) is 15.3 Å². The molecule has 0 atom stereocenters. The Balaban J connectivity index is 2.33. The third-order valence-electron chi connectivity index (χ3n) is 2.71. The minimum absolute atomic E-state index is 0.0449. The Labute approximate surface area is 122 Å². The van der Waals surface area contributed by atoms with Crippen molar-refractivity contribution >= 4 is 28.3 Å². The molecule has 8 heteroatoms. The number of anilines is 1. The first-order valence-corrected chi connectivity index (χ1v) is 7.40. The molecule has 2 aromatic rings. The van der Waals surface area contributed by atoms with Gasteiger partial charge in [0.15, 0.2) is 0 Å². The lowest BCUT2D eigenvalue weighted by molar-refractivity contribution is 0.426. The molecule has 3 N–H and O–H groups in total. The van der Waals surface area contributed by atoms with Crippen LogP contribution in [0.5, 0.6) is 0 Å². The Morgan fingerprint density at radius 1 is 1.10 bits per heavy atom. The zero-order chi connectivity index (χ0) is 15.5. The van der Waals surface area contributed by atoms with Crippen molar-refractivity contribution in [2.45, 2.75) is 4.90 Å². The monoisotopic (exact) mass is 302 g/mol. The van der Waals surface area contributed by atoms with Gasteiger partial charge in [-0.2, -0.15) is 5.26 Å². The molecular weight excluding hydrogens is 291 g/mol. The second-order valence-electron chi connectivity index (χ2n) is 4.24. The fraction of sp³-hybridized carbons (Fsp3) is 0. The van der Waals surface area contributed by atoms with Gasteiger partial charge in [0.2, 0.25) is 0 Å². The first-order chi connectivity index (χ1) is 9.92. The highest BCUT2D eigenvalue weighted by Crippen LogP contribution is 2.16. The van der Waals surface area contributed by atoms with Gasteiger partial charge in [-0.3, -0.25) is 4.72 Å². The molecule has 106 valence electrons. The minimum atomic E-state index is -3.85. The highest BCUT2D eigenvalue weighted by Gasteiger charge is 2.16. The first kappa shape index (κ1) is 15.1. The molecule has 0 bridgehead atoms. The molecule has 0 saturated heterocycles. The average molecular weight is 302 g/mol. The van der Waals surface area contributed by atoms with Gasteiger partial charge in [-0.1, -0.05) is 18.2 Å². The molecule has 0 radical (unpaired) electrons. The standard InChI is InChI=1S/C13H11BN2O4S/c15-9-10-3-1-6-13(7-10)21(19,20)16-12-5-2-4-11(8-12)14(17)18/h1-8,16-18H. The van der Waals surface area contributed by atoms with Crippen LogP contribution in [0.15, 0.2) is 53.4 Å². The molecule has 0 aliphatic heterocycles. The molecule has 0 unspecified atom stereocenters. The van der Waals surface area contributed by atoms with Gasteiger partial charge in [0, 0.05) is 5.69 Å². The van der Waals surface area contributed by atoms with Gasteiger partial charge >= 0.3 is 7.12 Å². The maximum absolute atomic E-state index is 12.2. The minimum Gasteiger partial charge on any atom is -0.423 e. The lowest BCUT2D eigenvalue weighted by atomic mass is 9.80. The number of benzene rings is 2. The first-order valence-electron chi connectivity index (χ1n) is 5.91. The molecular formula is C13H11BN2O4S. The Morgan fingerprint density at radius 2 is 1.81 bits per heavy atom. The largest absolute Gasteiger partial charge is 0.488 e. The molecule has 0 saturated carbocycles. The van der Waals surface area contributed by atoms with Crippen LogP contribution in [0, 0.1) is 11.3 Å². The van der Waals surface area contributed by atoms with E-state index < -0.39 is 17.1 Å². The molecule has 0 amide bonds. The van der Waals surface area contributed by atoms with Crippen molar-refractivity contribution in [3.8, 4) is 6.07 Å². The van der Waals surface area contributed by atoms with E-state index >= 15 is 0 Å². The maximum atomic E-state index is 12.2. The van der Waals surface area contributed by atoms with Gasteiger partial charge in [0.1, 0.15) is 0 Å². The van der Waals surface area contributed by atoms with E-state index in [-0.39, 0.29) is 21.6 Å². The topological polar surface area (TPSA) is 110 Å². The van der Waals surface area contributed by atoms with E-state index in [9.17, 15) is 8.42 Å². The number of sulfonamides is 1. The zero-order valence-electron chi connectivity index (χ0n) is 10.8. The van der Waals surface area contributed by atoms with Crippen molar-refractivity contribution in [1.29, 1.82) is 5.26 Å². The molecule has 0 aliphatic carbocycles. The number of nitrogens with one attached hydrogen (secondary N) is 1. The SMILES string of the molecule is N#Cc1cccc(S(=O)(=O)Nc2cccc(B(O)O)c2)c1. The predicted molar refractivity (Wildman–Crippen MR) is 78.2 cm³/mol. The molecule has 0 fully saturated rings. The predicted octanol–water partition coefficient (Wildman–Crippen LogP) is 0.0389. The average Bonchev–Trinajstić information content (AvgIpc) is 2.47. The zero-order valence-corrected chi connectivity index (χ0v) is 11.6. The summed E-state index contributed by atoms with van der Waals surface area (Å²) < 4.78 is 26.7. The Morgan fingerprint density at radius 3 is 2.48 bits per heavy atom. The normalized spacial score (nSPS) is 10.7. The highest BCUT2D eigenvalue weighted by atomic mass is 32.2. The van der Waals surface area contributed by atoms with Crippen LogP contribution in [0.2, 0.25) is 0 Å². The number of rotatable bonds is 4. The molecule has 21 heavy (non-hydrogen) atoms. The van der Waals surface area contributed by atoms with Crippen LogP contribution < -0.4 is 10.2 Å². The van der Waals surface area contributed by atoms with Crippen LogP contribution in [0.4, 0.5) is 5.69 Å². The van der Waals surface area contributed by atoms with Gasteiger partial charge in [0.05, 0.1) is 16.5 Å². The van der Waals surface area contributed by atoms with Gasteiger partial charge in [-0.05, 0) is 35.8 Å². The van der Waals surface area contributed by atoms with Crippen molar-refractivity contribution in [2.75, 3.05) is 4.72 Å². The molecule has 0 aliphatic rings. The fourth-order valence-corrected chi connectivity index (χ4v) is 2.80. The third-order valence-corrected chi connectivity index (χ3v) is 4.09. The summed E-state index contributed by atoms with van der Waals surface area (Å²) in [5, 5.41) is 26.9. The van der Waals surface area contributed by atoms with Crippen LogP contribution in [-0.2, 0) is 10.0 Å². The van der Waals surface area contributed by atoms with Crippen molar-refractivity contribution in [1.82, 2.24) is 0 Å². The van der Waals surface area contributed by atoms with E-state index in [2.05, 4.69) is 4.72 Å². The van der Waals surface area contributed by atoms with Crippen LogP contribution in [0.25, 0.3) is 0 Å². The van der Waals surface area contributed by atoms with Crippen LogP contribution >= 0.6 is 0 Å². The van der Waals surface area contributed by atoms with Crippen molar-refractivity contribution in [3.05, 3.63) is 54.1 Å². The Hall–Kier alpha value is -2.34. The quantitative estimate of drug-likeness (QED) is 0.691. The van der Waals surface area contributed by atoms with Gasteiger partial charge in [-0.25, -0.2) is 8.42 Å². The van der Waals surface area contributed by atoms with Crippen LogP contribution in [-0.4, -0.2) is 25.6 Å². The second kappa shape index (κ2) is 5.97. The molecule has 2 aromatic carbocycles. The van der Waals surface area contributed by atoms with Gasteiger partial charge in [0.25, 0.3) is 10.0 Å². The van der Waals surface area contributed by atoms with Crippen molar-refractivity contribution < 1.29 is 18.5 Å². The smallest absolute Gasteiger partial charge is 0.423 e. The summed E-state index contributed by atoms with van der Waals surface area (Å²) in [6.45, 7) is 0. The van der Waals surface area contributed by atoms with E-state index in [1.807, 2.05) is 6.07 Å². The van der Waals surface area contributed by atoms with E-state index in [0.29, 0.717) is 0 Å². The molecule has 6 nitrogen and oxygen atoms in total. The lowest BCUT2D eigenvalue weighted by Crippen LogP contribution is -2.30. The highest BCUT2D eigenvalue weighted by molar-refractivity contribution is 7.92. The third kappa shape index (κ3) is 3.61. The van der Waals surface area contributed by atoms with Crippen LogP contribution in [0.1, 0.15) is 5.56 Å². The van der Waals surface area contributed by atoms with Gasteiger partial charge < -0.3 is 10.0 Å². The van der Waals surface area contributed by atoms with Gasteiger partial charge in [-0.15, -0.1) is 0 Å². The summed E-state index contributed by atoms with van der Waals surface area (Å²) in [7, 11) is -5.54. The van der Waals surface area contributed by atoms with Crippen molar-refractivity contribution in [3.63, 3.8) is 0 Å². The van der Waals surface area contributed by atoms with Crippen LogP contribution in [0.3, 0.4) is 0 Å². The van der Waals surface area contributed by atoms with Crippen molar-refractivity contribution in [2.24, 2.45) is 0 Å². The number of nitrogens with zero attached hydrogens (tertiary/aromatic N) is 1.